The van der Waals surface area contributed by atoms with Gasteiger partial charge in [-0.2, -0.15) is 22.0 Å². The minimum atomic E-state index is -4.84. The van der Waals surface area contributed by atoms with Crippen LogP contribution in [0, 0.1) is 5.82 Å². The first-order valence-corrected chi connectivity index (χ1v) is 8.97. The molecule has 0 saturated carbocycles. The van der Waals surface area contributed by atoms with Crippen molar-refractivity contribution in [1.82, 2.24) is 15.3 Å². The maximum absolute atomic E-state index is 14.5. The largest absolute Gasteiger partial charge is 0.417 e. The topological polar surface area (TPSA) is 54.9 Å². The summed E-state index contributed by atoms with van der Waals surface area (Å²) < 4.78 is 82.4. The molecule has 11 heteroatoms. The van der Waals surface area contributed by atoms with Gasteiger partial charge in [0.1, 0.15) is 5.82 Å². The van der Waals surface area contributed by atoms with E-state index in [1.54, 1.807) is 5.32 Å². The molecule has 1 heterocycles. The Morgan fingerprint density at radius 2 is 1.58 bits per heavy atom. The number of hydrogen-bond donors (Lipinski definition) is 1. The van der Waals surface area contributed by atoms with E-state index in [1.807, 2.05) is 0 Å². The molecule has 0 atom stereocenters. The Labute approximate surface area is 176 Å². The summed E-state index contributed by atoms with van der Waals surface area (Å²) in [5.74, 6) is -6.52. The molecule has 1 amide bonds. The Morgan fingerprint density at radius 1 is 0.935 bits per heavy atom. The van der Waals surface area contributed by atoms with Gasteiger partial charge in [-0.15, -0.1) is 0 Å². The molecule has 3 rings (SSSR count). The van der Waals surface area contributed by atoms with Crippen molar-refractivity contribution in [3.63, 3.8) is 0 Å². The zero-order valence-corrected chi connectivity index (χ0v) is 16.1. The van der Waals surface area contributed by atoms with Crippen molar-refractivity contribution in [1.29, 1.82) is 0 Å². The third kappa shape index (κ3) is 5.13. The molecule has 0 aliphatic heterocycles. The molecule has 2 aromatic carbocycles. The highest BCUT2D eigenvalue weighted by Gasteiger charge is 2.38. The van der Waals surface area contributed by atoms with Gasteiger partial charge >= 0.3 is 6.18 Å². The smallest absolute Gasteiger partial charge is 0.346 e. The predicted molar refractivity (Wildman–Crippen MR) is 100 cm³/mol. The number of rotatable bonds is 5. The molecule has 0 unspecified atom stereocenters. The van der Waals surface area contributed by atoms with Crippen LogP contribution in [-0.2, 0) is 12.1 Å². The molecule has 0 fully saturated rings. The molecule has 162 valence electrons. The van der Waals surface area contributed by atoms with Gasteiger partial charge in [-0.1, -0.05) is 18.2 Å². The molecule has 0 radical (unpaired) electrons. The van der Waals surface area contributed by atoms with Crippen LogP contribution in [0.25, 0.3) is 11.1 Å². The van der Waals surface area contributed by atoms with Crippen LogP contribution in [-0.4, -0.2) is 22.4 Å². The fourth-order valence-electron chi connectivity index (χ4n) is 2.76. The Morgan fingerprint density at radius 3 is 2.19 bits per heavy atom. The van der Waals surface area contributed by atoms with Crippen LogP contribution >= 0.6 is 11.6 Å². The van der Waals surface area contributed by atoms with Crippen molar-refractivity contribution in [3.05, 3.63) is 82.6 Å². The van der Waals surface area contributed by atoms with Crippen LogP contribution in [0.1, 0.15) is 21.5 Å². The molecule has 0 saturated heterocycles. The van der Waals surface area contributed by atoms with Crippen molar-refractivity contribution in [2.45, 2.75) is 12.1 Å². The monoisotopic (exact) mass is 459 g/mol. The van der Waals surface area contributed by atoms with Gasteiger partial charge in [0, 0.05) is 18.0 Å². The number of aromatic nitrogens is 2. The zero-order valence-electron chi connectivity index (χ0n) is 15.4. The number of carbonyl (C=O) groups excluding carboxylic acids is 1. The number of nitrogens with zero attached hydrogens (tertiary/aromatic N) is 2. The summed E-state index contributed by atoms with van der Waals surface area (Å²) in [4.78, 5) is 19.5. The second-order valence-corrected chi connectivity index (χ2v) is 6.70. The molecular weight excluding hydrogens is 448 g/mol. The summed E-state index contributed by atoms with van der Waals surface area (Å²) in [6, 6.07) is 6.59. The number of nitrogens with one attached hydrogen (secondary N) is 1. The van der Waals surface area contributed by atoms with E-state index in [-0.39, 0.29) is 10.8 Å². The van der Waals surface area contributed by atoms with Crippen molar-refractivity contribution in [2.75, 3.05) is 6.54 Å². The second kappa shape index (κ2) is 8.54. The number of halogens is 7. The van der Waals surface area contributed by atoms with E-state index in [0.717, 1.165) is 24.3 Å². The minimum Gasteiger partial charge on any atom is -0.346 e. The van der Waals surface area contributed by atoms with E-state index in [9.17, 15) is 31.1 Å². The second-order valence-electron chi connectivity index (χ2n) is 6.37. The van der Waals surface area contributed by atoms with E-state index in [2.05, 4.69) is 9.97 Å². The van der Waals surface area contributed by atoms with Gasteiger partial charge in [-0.25, -0.2) is 14.4 Å². The Kier molecular flexibility index (Phi) is 6.21. The van der Waals surface area contributed by atoms with Gasteiger partial charge in [-0.05, 0) is 41.4 Å². The lowest BCUT2D eigenvalue weighted by atomic mass is 10.0. The predicted octanol–water partition coefficient (Wildman–Crippen LogP) is 5.48. The Hall–Kier alpha value is -3.14. The van der Waals surface area contributed by atoms with Crippen LogP contribution in [0.15, 0.2) is 54.9 Å². The highest BCUT2D eigenvalue weighted by molar-refractivity contribution is 6.28. The Balaban J connectivity index is 1.78. The van der Waals surface area contributed by atoms with Crippen molar-refractivity contribution in [2.24, 2.45) is 0 Å². The lowest BCUT2D eigenvalue weighted by Gasteiger charge is -2.19. The molecule has 1 aromatic heterocycles. The highest BCUT2D eigenvalue weighted by atomic mass is 35.5. The summed E-state index contributed by atoms with van der Waals surface area (Å²) >= 11 is 5.56. The number of alkyl halides is 5. The maximum atomic E-state index is 14.5. The lowest BCUT2D eigenvalue weighted by molar-refractivity contribution is -0.137. The Bertz CT molecular complexity index is 1100. The molecule has 31 heavy (non-hydrogen) atoms. The van der Waals surface area contributed by atoms with Crippen molar-refractivity contribution in [3.8, 4) is 11.1 Å². The van der Waals surface area contributed by atoms with Gasteiger partial charge in [0.05, 0.1) is 23.2 Å². The van der Waals surface area contributed by atoms with Crippen LogP contribution in [0.5, 0.6) is 0 Å². The van der Waals surface area contributed by atoms with Gasteiger partial charge in [0.25, 0.3) is 11.8 Å². The quantitative estimate of drug-likeness (QED) is 0.406. The fraction of sp³-hybridized carbons (Fsp3) is 0.150. The van der Waals surface area contributed by atoms with Crippen molar-refractivity contribution >= 4 is 17.5 Å². The van der Waals surface area contributed by atoms with E-state index in [4.69, 9.17) is 11.6 Å². The summed E-state index contributed by atoms with van der Waals surface area (Å²) in [6.07, 6.45) is -2.29. The van der Waals surface area contributed by atoms with E-state index >= 15 is 0 Å². The molecule has 0 aliphatic carbocycles. The van der Waals surface area contributed by atoms with Gasteiger partial charge in [-0.3, -0.25) is 4.79 Å². The standard InChI is InChI=1S/C20H12ClF6N3O/c21-18-28-8-12(9-29-18)11-5-6-15(16(22)7-11)19(23,24)10-30-17(31)13-3-1-2-4-14(13)20(25,26)27/h1-9H,10H2,(H,30,31). The van der Waals surface area contributed by atoms with Gasteiger partial charge in [0.15, 0.2) is 0 Å². The summed E-state index contributed by atoms with van der Waals surface area (Å²) in [5.41, 5.74) is -2.58. The minimum absolute atomic E-state index is 0.0461. The SMILES string of the molecule is O=C(NCC(F)(F)c1ccc(-c2cnc(Cl)nc2)cc1F)c1ccccc1C(F)(F)F. The molecule has 1 N–H and O–H groups in total. The van der Waals surface area contributed by atoms with E-state index in [0.29, 0.717) is 11.6 Å². The van der Waals surface area contributed by atoms with Gasteiger partial charge in [0.2, 0.25) is 5.28 Å². The van der Waals surface area contributed by atoms with E-state index < -0.39 is 47.1 Å². The summed E-state index contributed by atoms with van der Waals surface area (Å²) in [5, 5.41) is 1.69. The molecule has 0 bridgehead atoms. The fourth-order valence-corrected chi connectivity index (χ4v) is 2.86. The molecule has 0 aliphatic rings. The number of hydrogen-bond acceptors (Lipinski definition) is 3. The lowest BCUT2D eigenvalue weighted by Crippen LogP contribution is -2.36. The molecular formula is C20H12ClF6N3O. The van der Waals surface area contributed by atoms with E-state index in [1.165, 1.54) is 24.5 Å². The zero-order chi connectivity index (χ0) is 22.8. The normalized spacial score (nSPS) is 12.0. The number of amides is 1. The first-order valence-electron chi connectivity index (χ1n) is 8.59. The third-order valence-corrected chi connectivity index (χ3v) is 4.46. The molecule has 4 nitrogen and oxygen atoms in total. The average molecular weight is 460 g/mol. The number of carbonyl (C=O) groups is 1. The first kappa shape index (κ1) is 22.5. The van der Waals surface area contributed by atoms with Gasteiger partial charge < -0.3 is 5.32 Å². The summed E-state index contributed by atoms with van der Waals surface area (Å²) in [7, 11) is 0. The first-order chi connectivity index (χ1) is 14.5. The van der Waals surface area contributed by atoms with Crippen LogP contribution in [0.2, 0.25) is 5.28 Å². The van der Waals surface area contributed by atoms with Crippen molar-refractivity contribution < 1.29 is 31.1 Å². The summed E-state index contributed by atoms with van der Waals surface area (Å²) in [6.45, 7) is -1.40. The van der Waals surface area contributed by atoms with Crippen LogP contribution in [0.3, 0.4) is 0 Å². The molecule has 0 spiro atoms. The van der Waals surface area contributed by atoms with Crippen LogP contribution < -0.4 is 5.32 Å². The van der Waals surface area contributed by atoms with Crippen LogP contribution in [0.4, 0.5) is 26.3 Å². The third-order valence-electron chi connectivity index (χ3n) is 4.26. The molecule has 3 aromatic rings. The number of benzene rings is 2. The highest BCUT2D eigenvalue weighted by Crippen LogP contribution is 2.34. The average Bonchev–Trinajstić information content (AvgIpc) is 2.71. The maximum Gasteiger partial charge on any atom is 0.417 e.